The highest BCUT2D eigenvalue weighted by Gasteiger charge is 2.35. The summed E-state index contributed by atoms with van der Waals surface area (Å²) in [6, 6.07) is 3.84. The zero-order chi connectivity index (χ0) is 19.9. The van der Waals surface area contributed by atoms with E-state index >= 15 is 0 Å². The lowest BCUT2D eigenvalue weighted by atomic mass is 9.84. The first-order valence-corrected chi connectivity index (χ1v) is 10.5. The van der Waals surface area contributed by atoms with Gasteiger partial charge in [-0.1, -0.05) is 45.4 Å². The van der Waals surface area contributed by atoms with Gasteiger partial charge in [0, 0.05) is 6.61 Å². The number of rotatable bonds is 10. The molecule has 0 saturated carbocycles. The second-order valence-corrected chi connectivity index (χ2v) is 9.62. The molecule has 1 rings (SSSR count). The van der Waals surface area contributed by atoms with Gasteiger partial charge in [-0.25, -0.2) is 4.79 Å². The van der Waals surface area contributed by atoms with Gasteiger partial charge in [0.25, 0.3) is 0 Å². The summed E-state index contributed by atoms with van der Waals surface area (Å²) in [5, 5.41) is 0. The molecule has 26 heavy (non-hydrogen) atoms. The maximum atomic E-state index is 12.4. The number of carbonyl (C=O) groups excluding carboxylic acids is 1. The van der Waals surface area contributed by atoms with Gasteiger partial charge in [0.15, 0.2) is 0 Å². The summed E-state index contributed by atoms with van der Waals surface area (Å²) in [6.45, 7) is 15.8. The molecule has 0 heterocycles. The fraction of sp³-hybridized carbons (Fsp3) is 0.667. The van der Waals surface area contributed by atoms with Crippen LogP contribution in [0.2, 0.25) is 0 Å². The van der Waals surface area contributed by atoms with E-state index in [0.717, 1.165) is 29.5 Å². The first kappa shape index (κ1) is 23.0. The molecule has 0 aliphatic rings. The normalized spacial score (nSPS) is 13.6. The second kappa shape index (κ2) is 10.3. The zero-order valence-electron chi connectivity index (χ0n) is 17.3. The van der Waals surface area contributed by atoms with Crippen molar-refractivity contribution in [3.63, 3.8) is 0 Å². The number of hydrogen-bond acceptors (Lipinski definition) is 4. The van der Waals surface area contributed by atoms with Crippen LogP contribution in [0.15, 0.2) is 12.1 Å². The Hall–Kier alpha value is -1.09. The van der Waals surface area contributed by atoms with Gasteiger partial charge in [-0.15, -0.1) is 4.52 Å². The molecule has 0 bridgehead atoms. The average Bonchev–Trinajstić information content (AvgIpc) is 2.47. The summed E-state index contributed by atoms with van der Waals surface area (Å²) in [5.41, 5.74) is 3.16. The third kappa shape index (κ3) is 8.07. The van der Waals surface area contributed by atoms with Crippen molar-refractivity contribution in [2.75, 3.05) is 19.8 Å². The number of ether oxygens (including phenoxy) is 1. The van der Waals surface area contributed by atoms with Gasteiger partial charge in [-0.2, -0.15) is 0 Å². The summed E-state index contributed by atoms with van der Waals surface area (Å²) >= 11 is 0. The highest BCUT2D eigenvalue weighted by atomic mass is 31.1. The van der Waals surface area contributed by atoms with Gasteiger partial charge in [-0.05, 0) is 60.6 Å². The van der Waals surface area contributed by atoms with Crippen LogP contribution < -0.4 is 0 Å². The second-order valence-electron chi connectivity index (χ2n) is 8.44. The smallest absolute Gasteiger partial charge is 0.379 e. The molecule has 0 spiro atoms. The number of aryl methyl sites for hydroxylation is 3. The van der Waals surface area contributed by atoms with Gasteiger partial charge in [0.2, 0.25) is 0 Å². The van der Waals surface area contributed by atoms with E-state index in [0.29, 0.717) is 30.1 Å². The summed E-state index contributed by atoms with van der Waals surface area (Å²) < 4.78 is 22.9. The Bertz CT molecular complexity index is 608. The molecule has 0 aliphatic heterocycles. The molecule has 0 fully saturated rings. The summed E-state index contributed by atoms with van der Waals surface area (Å²) in [5.74, 6) is 0.599. The zero-order valence-corrected chi connectivity index (χ0v) is 18.2. The van der Waals surface area contributed by atoms with E-state index in [-0.39, 0.29) is 6.61 Å². The van der Waals surface area contributed by atoms with Crippen molar-refractivity contribution in [2.24, 2.45) is 11.3 Å². The predicted octanol–water partition coefficient (Wildman–Crippen LogP) is 5.99. The molecule has 0 radical (unpaired) electrons. The molecular formula is C21H34O4P+. The van der Waals surface area contributed by atoms with Crippen molar-refractivity contribution in [1.29, 1.82) is 0 Å². The third-order valence-corrected chi connectivity index (χ3v) is 5.18. The first-order valence-electron chi connectivity index (χ1n) is 9.31. The number of benzene rings is 1. The van der Waals surface area contributed by atoms with Crippen molar-refractivity contribution in [2.45, 2.75) is 61.3 Å². The van der Waals surface area contributed by atoms with Crippen LogP contribution in [-0.2, 0) is 13.8 Å². The average molecular weight is 381 g/mol. The van der Waals surface area contributed by atoms with Gasteiger partial charge in [0.05, 0.1) is 12.2 Å². The molecular weight excluding hydrogens is 347 g/mol. The van der Waals surface area contributed by atoms with E-state index in [1.54, 1.807) is 0 Å². The lowest BCUT2D eigenvalue weighted by Crippen LogP contribution is -2.13. The Morgan fingerprint density at radius 1 is 1.08 bits per heavy atom. The maximum absolute atomic E-state index is 12.4. The SMILES string of the molecule is Cc1cc(C)c(C(=O)[P+](=O)OCCOCCC(C)CC(C)(C)C)c(C)c1. The van der Waals surface area contributed by atoms with Gasteiger partial charge in [-0.3, -0.25) is 0 Å². The summed E-state index contributed by atoms with van der Waals surface area (Å²) in [7, 11) is -2.38. The molecule has 146 valence electrons. The fourth-order valence-electron chi connectivity index (χ4n) is 3.38. The van der Waals surface area contributed by atoms with Crippen LogP contribution in [0.1, 0.15) is 67.6 Å². The predicted molar refractivity (Wildman–Crippen MR) is 107 cm³/mol. The Kier molecular flexibility index (Phi) is 9.09. The van der Waals surface area contributed by atoms with Crippen LogP contribution in [0.4, 0.5) is 0 Å². The molecule has 1 aromatic carbocycles. The van der Waals surface area contributed by atoms with Crippen LogP contribution in [0.3, 0.4) is 0 Å². The van der Waals surface area contributed by atoms with E-state index in [4.69, 9.17) is 9.26 Å². The van der Waals surface area contributed by atoms with E-state index in [1.165, 1.54) is 0 Å². The van der Waals surface area contributed by atoms with Crippen molar-refractivity contribution < 1.29 is 18.6 Å². The Balaban J connectivity index is 2.34. The van der Waals surface area contributed by atoms with E-state index < -0.39 is 13.6 Å². The Morgan fingerprint density at radius 3 is 2.19 bits per heavy atom. The topological polar surface area (TPSA) is 52.6 Å². The molecule has 0 N–H and O–H groups in total. The Morgan fingerprint density at radius 2 is 1.65 bits per heavy atom. The standard InChI is InChI=1S/C21H34O4P/c1-15(14-21(5,6)7)8-9-24-10-11-25-26(23)20(22)19-17(3)12-16(2)13-18(19)4/h12-13,15H,8-11,14H2,1-7H3/q+1. The van der Waals surface area contributed by atoms with Crippen molar-refractivity contribution in [3.05, 3.63) is 34.4 Å². The maximum Gasteiger partial charge on any atom is 0.593 e. The largest absolute Gasteiger partial charge is 0.593 e. The third-order valence-electron chi connectivity index (χ3n) is 4.21. The molecule has 2 unspecified atom stereocenters. The molecule has 1 aromatic rings. The van der Waals surface area contributed by atoms with E-state index in [1.807, 2.05) is 32.9 Å². The molecule has 2 atom stereocenters. The minimum Gasteiger partial charge on any atom is -0.379 e. The minimum atomic E-state index is -2.38. The fourth-order valence-corrected chi connectivity index (χ4v) is 4.27. The van der Waals surface area contributed by atoms with Gasteiger partial charge >= 0.3 is 13.6 Å². The molecule has 0 aromatic heterocycles. The van der Waals surface area contributed by atoms with Gasteiger partial charge in [0.1, 0.15) is 6.61 Å². The Labute approximate surface area is 159 Å². The first-order chi connectivity index (χ1) is 12.0. The molecule has 5 heteroatoms. The van der Waals surface area contributed by atoms with Crippen molar-refractivity contribution in [1.82, 2.24) is 0 Å². The van der Waals surface area contributed by atoms with Crippen LogP contribution in [0.25, 0.3) is 0 Å². The van der Waals surface area contributed by atoms with Crippen LogP contribution in [0.5, 0.6) is 0 Å². The monoisotopic (exact) mass is 381 g/mol. The van der Waals surface area contributed by atoms with E-state index in [2.05, 4.69) is 27.7 Å². The summed E-state index contributed by atoms with van der Waals surface area (Å²) in [6.07, 6.45) is 2.15. The highest BCUT2D eigenvalue weighted by molar-refractivity contribution is 7.60. The van der Waals surface area contributed by atoms with Crippen LogP contribution in [0, 0.1) is 32.1 Å². The minimum absolute atomic E-state index is 0.165. The lowest BCUT2D eigenvalue weighted by molar-refractivity contribution is 0.0871. The van der Waals surface area contributed by atoms with Gasteiger partial charge < -0.3 is 4.74 Å². The molecule has 0 saturated heterocycles. The number of hydrogen-bond donors (Lipinski definition) is 0. The van der Waals surface area contributed by atoms with Crippen LogP contribution >= 0.6 is 8.03 Å². The molecule has 0 aliphatic carbocycles. The van der Waals surface area contributed by atoms with Crippen molar-refractivity contribution in [3.8, 4) is 0 Å². The molecule has 4 nitrogen and oxygen atoms in total. The quantitative estimate of drug-likeness (QED) is 0.369. The number of carbonyl (C=O) groups is 1. The summed E-state index contributed by atoms with van der Waals surface area (Å²) in [4.78, 5) is 12.4. The van der Waals surface area contributed by atoms with E-state index in [9.17, 15) is 9.36 Å². The molecule has 0 amide bonds. The van der Waals surface area contributed by atoms with Crippen molar-refractivity contribution >= 4 is 13.6 Å². The van der Waals surface area contributed by atoms with Crippen LogP contribution in [-0.4, -0.2) is 25.3 Å². The highest BCUT2D eigenvalue weighted by Crippen LogP contribution is 2.31. The lowest BCUT2D eigenvalue weighted by Gasteiger charge is -2.23.